The van der Waals surface area contributed by atoms with Crippen molar-refractivity contribution in [2.45, 2.75) is 19.0 Å². The second-order valence-electron chi connectivity index (χ2n) is 4.14. The number of aryl methyl sites for hydroxylation is 1. The first-order chi connectivity index (χ1) is 7.55. The van der Waals surface area contributed by atoms with Crippen LogP contribution in [0.4, 0.5) is 13.2 Å². The van der Waals surface area contributed by atoms with Gasteiger partial charge in [-0.05, 0) is 24.5 Å². The molecule has 1 aromatic rings. The molecule has 1 fully saturated rings. The first kappa shape index (κ1) is 11.5. The van der Waals surface area contributed by atoms with Crippen LogP contribution >= 0.6 is 0 Å². The van der Waals surface area contributed by atoms with Crippen LogP contribution in [0.3, 0.4) is 0 Å². The maximum absolute atomic E-state index is 12.4. The summed E-state index contributed by atoms with van der Waals surface area (Å²) in [6.07, 6.45) is -2.64. The lowest BCUT2D eigenvalue weighted by Crippen LogP contribution is -2.27. The van der Waals surface area contributed by atoms with E-state index in [0.717, 1.165) is 31.3 Å². The van der Waals surface area contributed by atoms with Crippen LogP contribution in [0, 0.1) is 5.92 Å². The predicted molar refractivity (Wildman–Crippen MR) is 54.1 cm³/mol. The summed E-state index contributed by atoms with van der Waals surface area (Å²) in [7, 11) is 0. The van der Waals surface area contributed by atoms with E-state index < -0.39 is 11.7 Å². The molecular formula is C12H13F3O. The summed E-state index contributed by atoms with van der Waals surface area (Å²) in [5.41, 5.74) is 0.191. The molecule has 1 saturated heterocycles. The first-order valence-electron chi connectivity index (χ1n) is 5.29. The molecule has 16 heavy (non-hydrogen) atoms. The molecular weight excluding hydrogens is 217 g/mol. The summed E-state index contributed by atoms with van der Waals surface area (Å²) in [5.74, 6) is 0.523. The molecule has 1 nitrogen and oxygen atoms in total. The van der Waals surface area contributed by atoms with Gasteiger partial charge >= 0.3 is 6.18 Å². The smallest absolute Gasteiger partial charge is 0.381 e. The van der Waals surface area contributed by atoms with Gasteiger partial charge in [-0.25, -0.2) is 0 Å². The van der Waals surface area contributed by atoms with E-state index >= 15 is 0 Å². The molecule has 0 unspecified atom stereocenters. The van der Waals surface area contributed by atoms with E-state index in [1.54, 1.807) is 6.07 Å². The van der Waals surface area contributed by atoms with Crippen LogP contribution in [0.15, 0.2) is 24.3 Å². The van der Waals surface area contributed by atoms with Gasteiger partial charge < -0.3 is 4.74 Å². The molecule has 0 spiro atoms. The Morgan fingerprint density at radius 3 is 2.56 bits per heavy atom. The number of hydrogen-bond donors (Lipinski definition) is 0. The van der Waals surface area contributed by atoms with Crippen molar-refractivity contribution >= 4 is 0 Å². The summed E-state index contributed by atoms with van der Waals surface area (Å²) in [6.45, 7) is 1.50. The summed E-state index contributed by atoms with van der Waals surface area (Å²) in [6, 6.07) is 5.56. The predicted octanol–water partition coefficient (Wildman–Crippen LogP) is 3.28. The van der Waals surface area contributed by atoms with Gasteiger partial charge in [0, 0.05) is 5.92 Å². The van der Waals surface area contributed by atoms with Gasteiger partial charge in [0.15, 0.2) is 0 Å². The lowest BCUT2D eigenvalue weighted by atomic mass is 9.97. The van der Waals surface area contributed by atoms with Crippen molar-refractivity contribution in [2.75, 3.05) is 13.2 Å². The van der Waals surface area contributed by atoms with Gasteiger partial charge in [0.25, 0.3) is 0 Å². The van der Waals surface area contributed by atoms with Gasteiger partial charge in [0.1, 0.15) is 0 Å². The maximum Gasteiger partial charge on any atom is 0.416 e. The standard InChI is InChI=1S/C12H13F3O/c13-12(14,15)11-3-1-2-9(6-11)4-5-10-7-16-8-10/h1-3,6,10H,4-5,7-8H2. The molecule has 1 aromatic carbocycles. The lowest BCUT2D eigenvalue weighted by molar-refractivity contribution is -0.137. The molecule has 0 aliphatic carbocycles. The van der Waals surface area contributed by atoms with E-state index in [0.29, 0.717) is 12.3 Å². The average Bonchev–Trinajstić information content (AvgIpc) is 2.14. The number of rotatable bonds is 3. The van der Waals surface area contributed by atoms with Crippen molar-refractivity contribution in [3.05, 3.63) is 35.4 Å². The Bertz CT molecular complexity index is 356. The van der Waals surface area contributed by atoms with Crippen molar-refractivity contribution in [1.29, 1.82) is 0 Å². The minimum absolute atomic E-state index is 0.523. The summed E-state index contributed by atoms with van der Waals surface area (Å²) in [5, 5.41) is 0. The summed E-state index contributed by atoms with van der Waals surface area (Å²) < 4.78 is 42.3. The van der Waals surface area contributed by atoms with Gasteiger partial charge in [-0.15, -0.1) is 0 Å². The van der Waals surface area contributed by atoms with Crippen LogP contribution in [-0.4, -0.2) is 13.2 Å². The summed E-state index contributed by atoms with van der Waals surface area (Å²) >= 11 is 0. The largest absolute Gasteiger partial charge is 0.416 e. The third-order valence-electron chi connectivity index (χ3n) is 2.80. The van der Waals surface area contributed by atoms with E-state index in [4.69, 9.17) is 4.74 Å². The van der Waals surface area contributed by atoms with Crippen LogP contribution in [0.5, 0.6) is 0 Å². The Kier molecular flexibility index (Phi) is 3.19. The minimum atomic E-state index is -4.24. The van der Waals surface area contributed by atoms with Crippen LogP contribution in [0.2, 0.25) is 0 Å². The zero-order valence-corrected chi connectivity index (χ0v) is 8.76. The zero-order valence-electron chi connectivity index (χ0n) is 8.76. The van der Waals surface area contributed by atoms with Gasteiger partial charge in [0.05, 0.1) is 18.8 Å². The number of benzene rings is 1. The van der Waals surface area contributed by atoms with Gasteiger partial charge in [-0.2, -0.15) is 13.2 Å². The highest BCUT2D eigenvalue weighted by molar-refractivity contribution is 5.25. The van der Waals surface area contributed by atoms with Gasteiger partial charge in [-0.1, -0.05) is 18.2 Å². The van der Waals surface area contributed by atoms with Crippen molar-refractivity contribution in [3.8, 4) is 0 Å². The lowest BCUT2D eigenvalue weighted by Gasteiger charge is -2.25. The highest BCUT2D eigenvalue weighted by atomic mass is 19.4. The zero-order chi connectivity index (χ0) is 11.6. The van der Waals surface area contributed by atoms with Crippen LogP contribution in [-0.2, 0) is 17.3 Å². The van der Waals surface area contributed by atoms with Crippen LogP contribution in [0.1, 0.15) is 17.5 Å². The molecule has 88 valence electrons. The molecule has 1 aliphatic rings. The molecule has 2 rings (SSSR count). The fourth-order valence-electron chi connectivity index (χ4n) is 1.73. The van der Waals surface area contributed by atoms with Crippen molar-refractivity contribution < 1.29 is 17.9 Å². The monoisotopic (exact) mass is 230 g/mol. The number of hydrogen-bond acceptors (Lipinski definition) is 1. The molecule has 0 amide bonds. The van der Waals surface area contributed by atoms with Crippen molar-refractivity contribution in [2.24, 2.45) is 5.92 Å². The third-order valence-corrected chi connectivity index (χ3v) is 2.80. The highest BCUT2D eigenvalue weighted by Crippen LogP contribution is 2.30. The minimum Gasteiger partial charge on any atom is -0.381 e. The molecule has 0 bridgehead atoms. The van der Waals surface area contributed by atoms with Crippen LogP contribution in [0.25, 0.3) is 0 Å². The van der Waals surface area contributed by atoms with Gasteiger partial charge in [0.2, 0.25) is 0 Å². The molecule has 0 radical (unpaired) electrons. The fourth-order valence-corrected chi connectivity index (χ4v) is 1.73. The van der Waals surface area contributed by atoms with E-state index in [-0.39, 0.29) is 0 Å². The van der Waals surface area contributed by atoms with Crippen molar-refractivity contribution in [1.82, 2.24) is 0 Å². The third kappa shape index (κ3) is 2.76. The molecule has 0 atom stereocenters. The Morgan fingerprint density at radius 1 is 1.25 bits per heavy atom. The number of ether oxygens (including phenoxy) is 1. The SMILES string of the molecule is FC(F)(F)c1cccc(CCC2COC2)c1. The number of alkyl halides is 3. The van der Waals surface area contributed by atoms with Crippen molar-refractivity contribution in [3.63, 3.8) is 0 Å². The fraction of sp³-hybridized carbons (Fsp3) is 0.500. The quantitative estimate of drug-likeness (QED) is 0.774. The van der Waals surface area contributed by atoms with E-state index in [1.807, 2.05) is 0 Å². The second-order valence-corrected chi connectivity index (χ2v) is 4.14. The Hall–Kier alpha value is -1.03. The topological polar surface area (TPSA) is 9.23 Å². The molecule has 0 saturated carbocycles. The molecule has 4 heteroatoms. The number of halogens is 3. The molecule has 0 N–H and O–H groups in total. The molecule has 1 heterocycles. The van der Waals surface area contributed by atoms with Crippen LogP contribution < -0.4 is 0 Å². The Balaban J connectivity index is 1.98. The molecule has 0 aromatic heterocycles. The maximum atomic E-state index is 12.4. The Morgan fingerprint density at radius 2 is 2.00 bits per heavy atom. The summed E-state index contributed by atoms with van der Waals surface area (Å²) in [4.78, 5) is 0. The highest BCUT2D eigenvalue weighted by Gasteiger charge is 2.30. The average molecular weight is 230 g/mol. The first-order valence-corrected chi connectivity index (χ1v) is 5.29. The normalized spacial score (nSPS) is 17.2. The molecule has 1 aliphatic heterocycles. The van der Waals surface area contributed by atoms with Gasteiger partial charge in [-0.3, -0.25) is 0 Å². The Labute approximate surface area is 92.2 Å². The van der Waals surface area contributed by atoms with E-state index in [2.05, 4.69) is 0 Å². The van der Waals surface area contributed by atoms with E-state index in [9.17, 15) is 13.2 Å². The second kappa shape index (κ2) is 4.45. The van der Waals surface area contributed by atoms with E-state index in [1.165, 1.54) is 12.1 Å².